The Hall–Kier alpha value is -3.49. The van der Waals surface area contributed by atoms with E-state index >= 15 is 0 Å². The number of alkyl halides is 1. The molecule has 0 spiro atoms. The maximum absolute atomic E-state index is 14.2. The summed E-state index contributed by atoms with van der Waals surface area (Å²) < 4.78 is 39.7. The summed E-state index contributed by atoms with van der Waals surface area (Å²) >= 11 is 0. The Morgan fingerprint density at radius 3 is 2.87 bits per heavy atom. The first-order valence-corrected chi connectivity index (χ1v) is 9.49. The molecule has 4 aromatic rings. The van der Waals surface area contributed by atoms with Crippen molar-refractivity contribution in [1.82, 2.24) is 19.9 Å². The van der Waals surface area contributed by atoms with Crippen LogP contribution in [0.1, 0.15) is 53.5 Å². The van der Waals surface area contributed by atoms with E-state index in [1.165, 1.54) is 31.0 Å². The molecule has 154 valence electrons. The van der Waals surface area contributed by atoms with Crippen LogP contribution in [0.3, 0.4) is 0 Å². The second-order valence-corrected chi connectivity index (χ2v) is 7.72. The van der Waals surface area contributed by atoms with Gasteiger partial charge in [0.1, 0.15) is 23.2 Å². The van der Waals surface area contributed by atoms with E-state index in [-0.39, 0.29) is 11.7 Å². The third-order valence-corrected chi connectivity index (χ3v) is 5.21. The van der Waals surface area contributed by atoms with E-state index in [2.05, 4.69) is 15.0 Å². The Morgan fingerprint density at radius 2 is 2.13 bits per heavy atom. The lowest BCUT2D eigenvalue weighted by Crippen LogP contribution is -2.40. The van der Waals surface area contributed by atoms with Crippen LogP contribution in [0.2, 0.25) is 0 Å². The summed E-state index contributed by atoms with van der Waals surface area (Å²) in [7, 11) is 0. The van der Waals surface area contributed by atoms with Gasteiger partial charge in [0.15, 0.2) is 5.67 Å². The summed E-state index contributed by atoms with van der Waals surface area (Å²) in [4.78, 5) is 26.1. The number of H-pyrrole nitrogens is 1. The number of rotatable bonds is 3. The van der Waals surface area contributed by atoms with Gasteiger partial charge in [-0.3, -0.25) is 4.79 Å². The molecule has 0 fully saturated rings. The van der Waals surface area contributed by atoms with Crippen LogP contribution in [0.25, 0.3) is 11.0 Å². The minimum atomic E-state index is -1.81. The summed E-state index contributed by atoms with van der Waals surface area (Å²) in [6.45, 7) is 2.94. The normalized spacial score (nSPS) is 16.8. The molecule has 1 aliphatic rings. The number of carbonyl (C=O) groups is 1. The van der Waals surface area contributed by atoms with Crippen molar-refractivity contribution in [2.24, 2.45) is 0 Å². The molecule has 0 saturated heterocycles. The van der Waals surface area contributed by atoms with Crippen molar-refractivity contribution in [2.45, 2.75) is 32.0 Å². The fourth-order valence-corrected chi connectivity index (χ4v) is 3.75. The quantitative estimate of drug-likeness (QED) is 0.543. The Balaban J connectivity index is 1.59. The van der Waals surface area contributed by atoms with Crippen LogP contribution in [0.4, 0.5) is 8.78 Å². The molecule has 3 aromatic heterocycles. The smallest absolute Gasteiger partial charge is 0.292 e. The summed E-state index contributed by atoms with van der Waals surface area (Å²) in [6.07, 6.45) is 3.31. The number of oxazole rings is 1. The second-order valence-electron chi connectivity index (χ2n) is 7.72. The highest BCUT2D eigenvalue weighted by molar-refractivity contribution is 5.92. The molecule has 5 rings (SSSR count). The predicted octanol–water partition coefficient (Wildman–Crippen LogP) is 4.28. The summed E-state index contributed by atoms with van der Waals surface area (Å²) in [5.74, 6) is -0.768. The van der Waals surface area contributed by atoms with E-state index in [0.29, 0.717) is 35.4 Å². The molecule has 1 atom stereocenters. The van der Waals surface area contributed by atoms with Gasteiger partial charge in [-0.05, 0) is 32.0 Å². The Labute approximate surface area is 169 Å². The molecule has 0 bridgehead atoms. The van der Waals surface area contributed by atoms with E-state index in [1.807, 2.05) is 0 Å². The van der Waals surface area contributed by atoms with Gasteiger partial charge in [0.2, 0.25) is 11.7 Å². The number of nitrogens with one attached hydrogen (secondary N) is 1. The molecule has 0 unspecified atom stereocenters. The number of aromatic amines is 1. The number of hydrogen-bond donors (Lipinski definition) is 1. The number of carbonyl (C=O) groups excluding carboxylic acids is 1. The van der Waals surface area contributed by atoms with Crippen molar-refractivity contribution < 1.29 is 22.4 Å². The largest absolute Gasteiger partial charge is 0.458 e. The fraction of sp³-hybridized carbons (Fsp3) is 0.286. The molecule has 1 amide bonds. The van der Waals surface area contributed by atoms with Crippen molar-refractivity contribution in [1.29, 1.82) is 0 Å². The fourth-order valence-electron chi connectivity index (χ4n) is 3.75. The summed E-state index contributed by atoms with van der Waals surface area (Å²) in [5.41, 5.74) is 0.0415. The molecule has 0 saturated carbocycles. The standard InChI is InChI=1S/C21H18F2N4O3/c1-21(2,23)20-24-9-16(30-20)19(28)27-7-6-13-17(26-10-25-13)18(27)15-8-11-12(22)4-3-5-14(11)29-15/h3-5,8-10,18H,6-7H2,1-2H3,(H,25,26)/t18-/m1/s1. The van der Waals surface area contributed by atoms with Crippen LogP contribution in [0.5, 0.6) is 0 Å². The van der Waals surface area contributed by atoms with Gasteiger partial charge in [0.25, 0.3) is 5.91 Å². The van der Waals surface area contributed by atoms with Crippen molar-refractivity contribution in [3.8, 4) is 0 Å². The van der Waals surface area contributed by atoms with Crippen LogP contribution in [-0.4, -0.2) is 32.3 Å². The SMILES string of the molecule is CC(C)(F)c1ncc(C(=O)N2CCc3[nH]cnc3[C@H]2c2cc3c(F)cccc3o2)o1. The van der Waals surface area contributed by atoms with Gasteiger partial charge in [0, 0.05) is 18.7 Å². The lowest BCUT2D eigenvalue weighted by molar-refractivity contribution is 0.0629. The van der Waals surface area contributed by atoms with Crippen LogP contribution in [0, 0.1) is 5.82 Å². The number of hydrogen-bond acceptors (Lipinski definition) is 5. The van der Waals surface area contributed by atoms with Gasteiger partial charge in [-0.2, -0.15) is 0 Å². The molecule has 1 N–H and O–H groups in total. The third-order valence-electron chi connectivity index (χ3n) is 5.21. The van der Waals surface area contributed by atoms with Crippen LogP contribution in [0.15, 0.2) is 45.6 Å². The molecule has 0 radical (unpaired) electrons. The molecular weight excluding hydrogens is 394 g/mol. The molecule has 0 aliphatic carbocycles. The second kappa shape index (κ2) is 6.51. The average Bonchev–Trinajstić information content (AvgIpc) is 3.44. The van der Waals surface area contributed by atoms with Crippen LogP contribution >= 0.6 is 0 Å². The highest BCUT2D eigenvalue weighted by Gasteiger charge is 2.38. The van der Waals surface area contributed by atoms with Gasteiger partial charge in [-0.25, -0.2) is 18.7 Å². The van der Waals surface area contributed by atoms with Crippen molar-refractivity contribution in [3.63, 3.8) is 0 Å². The molecule has 9 heteroatoms. The molecule has 1 aromatic carbocycles. The number of aromatic nitrogens is 3. The lowest BCUT2D eigenvalue weighted by Gasteiger charge is -2.33. The molecule has 1 aliphatic heterocycles. The Morgan fingerprint density at radius 1 is 1.30 bits per heavy atom. The van der Waals surface area contributed by atoms with Gasteiger partial charge in [-0.15, -0.1) is 0 Å². The maximum atomic E-state index is 14.2. The maximum Gasteiger partial charge on any atom is 0.292 e. The van der Waals surface area contributed by atoms with Gasteiger partial charge in [-0.1, -0.05) is 6.07 Å². The van der Waals surface area contributed by atoms with Gasteiger partial charge in [0.05, 0.1) is 23.6 Å². The zero-order chi connectivity index (χ0) is 21.0. The average molecular weight is 412 g/mol. The third kappa shape index (κ3) is 2.89. The van der Waals surface area contributed by atoms with Gasteiger partial charge >= 0.3 is 0 Å². The van der Waals surface area contributed by atoms with Crippen molar-refractivity contribution in [2.75, 3.05) is 6.54 Å². The first kappa shape index (κ1) is 18.5. The number of nitrogens with zero attached hydrogens (tertiary/aromatic N) is 3. The number of halogens is 2. The van der Waals surface area contributed by atoms with Crippen LogP contribution in [-0.2, 0) is 12.1 Å². The Bertz CT molecular complexity index is 1250. The van der Waals surface area contributed by atoms with E-state index < -0.39 is 23.4 Å². The van der Waals surface area contributed by atoms with E-state index in [1.54, 1.807) is 24.5 Å². The van der Waals surface area contributed by atoms with Crippen LogP contribution < -0.4 is 0 Å². The predicted molar refractivity (Wildman–Crippen MR) is 102 cm³/mol. The Kier molecular flexibility index (Phi) is 4.02. The molecular formula is C21H18F2N4O3. The van der Waals surface area contributed by atoms with Crippen molar-refractivity contribution in [3.05, 3.63) is 71.4 Å². The van der Waals surface area contributed by atoms with Crippen molar-refractivity contribution >= 4 is 16.9 Å². The zero-order valence-corrected chi connectivity index (χ0v) is 16.3. The first-order valence-electron chi connectivity index (χ1n) is 9.49. The number of fused-ring (bicyclic) bond motifs is 2. The first-order chi connectivity index (χ1) is 14.3. The van der Waals surface area contributed by atoms with E-state index in [9.17, 15) is 13.6 Å². The molecule has 4 heterocycles. The molecule has 30 heavy (non-hydrogen) atoms. The number of furan rings is 1. The number of benzene rings is 1. The minimum absolute atomic E-state index is 0.0815. The summed E-state index contributed by atoms with van der Waals surface area (Å²) in [5, 5.41) is 0.323. The minimum Gasteiger partial charge on any atom is -0.458 e. The molecule has 7 nitrogen and oxygen atoms in total. The monoisotopic (exact) mass is 412 g/mol. The van der Waals surface area contributed by atoms with E-state index in [0.717, 1.165) is 5.69 Å². The number of amides is 1. The van der Waals surface area contributed by atoms with E-state index in [4.69, 9.17) is 8.83 Å². The lowest BCUT2D eigenvalue weighted by atomic mass is 10.00. The highest BCUT2D eigenvalue weighted by atomic mass is 19.1. The number of imidazole rings is 1. The topological polar surface area (TPSA) is 88.2 Å². The zero-order valence-electron chi connectivity index (χ0n) is 16.3. The van der Waals surface area contributed by atoms with Gasteiger partial charge < -0.3 is 18.7 Å². The summed E-state index contributed by atoms with van der Waals surface area (Å²) in [6, 6.07) is 5.46. The highest BCUT2D eigenvalue weighted by Crippen LogP contribution is 2.38.